The predicted molar refractivity (Wildman–Crippen MR) is 134 cm³/mol. The molecule has 2 atom stereocenters. The summed E-state index contributed by atoms with van der Waals surface area (Å²) in [6.07, 6.45) is 2.50. The second kappa shape index (κ2) is 12.2. The number of amides is 1. The van der Waals surface area contributed by atoms with Crippen LogP contribution in [0.2, 0.25) is 0 Å². The predicted octanol–water partition coefficient (Wildman–Crippen LogP) is 3.22. The lowest BCUT2D eigenvalue weighted by molar-refractivity contribution is -0.141. The lowest BCUT2D eigenvalue weighted by atomic mass is 9.87. The summed E-state index contributed by atoms with van der Waals surface area (Å²) < 4.78 is 28.3. The van der Waals surface area contributed by atoms with Crippen LogP contribution < -0.4 is 10.0 Å². The Morgan fingerprint density at radius 1 is 1.03 bits per heavy atom. The van der Waals surface area contributed by atoms with Crippen LogP contribution in [0.15, 0.2) is 59.5 Å². The van der Waals surface area contributed by atoms with Crippen LogP contribution in [0.3, 0.4) is 0 Å². The van der Waals surface area contributed by atoms with E-state index in [1.165, 1.54) is 17.7 Å². The number of benzene rings is 2. The largest absolute Gasteiger partial charge is 0.349 e. The summed E-state index contributed by atoms with van der Waals surface area (Å²) in [7, 11) is -3.92. The first kappa shape index (κ1) is 26.8. The van der Waals surface area contributed by atoms with E-state index in [0.29, 0.717) is 32.2 Å². The molecule has 3 rings (SSSR count). The number of ketones is 2. The summed E-state index contributed by atoms with van der Waals surface area (Å²) in [6.45, 7) is 4.18. The summed E-state index contributed by atoms with van der Waals surface area (Å²) in [5.74, 6) is -2.46. The van der Waals surface area contributed by atoms with Crippen molar-refractivity contribution < 1.29 is 22.8 Å². The average Bonchev–Trinajstić information content (AvgIpc) is 2.83. The Morgan fingerprint density at radius 3 is 2.40 bits per heavy atom. The van der Waals surface area contributed by atoms with Crippen molar-refractivity contribution in [3.63, 3.8) is 0 Å². The molecule has 1 amide bonds. The summed E-state index contributed by atoms with van der Waals surface area (Å²) in [4.78, 5) is 38.9. The molecule has 1 aliphatic heterocycles. The van der Waals surface area contributed by atoms with Gasteiger partial charge in [-0.05, 0) is 61.3 Å². The number of hydrogen-bond donors (Lipinski definition) is 2. The van der Waals surface area contributed by atoms with Crippen molar-refractivity contribution in [3.8, 4) is 0 Å². The fourth-order valence-electron chi connectivity index (χ4n) is 4.33. The molecule has 0 aliphatic carbocycles. The molecule has 7 nitrogen and oxygen atoms in total. The smallest absolute Gasteiger partial charge is 0.287 e. The van der Waals surface area contributed by atoms with Crippen LogP contribution in [-0.4, -0.2) is 38.5 Å². The van der Waals surface area contributed by atoms with E-state index in [-0.39, 0.29) is 23.0 Å². The van der Waals surface area contributed by atoms with Crippen molar-refractivity contribution in [3.05, 3.63) is 65.7 Å². The van der Waals surface area contributed by atoms with Gasteiger partial charge in [0.05, 0.1) is 10.9 Å². The zero-order valence-electron chi connectivity index (χ0n) is 20.3. The number of carbonyl (C=O) groups is 3. The fraction of sp³-hybridized carbons (Fsp3) is 0.444. The molecule has 0 saturated heterocycles. The zero-order chi connectivity index (χ0) is 25.4. The Hall–Kier alpha value is -2.84. The number of aryl methyl sites for hydroxylation is 2. The molecule has 0 aromatic heterocycles. The maximum atomic E-state index is 13.3. The topological polar surface area (TPSA) is 109 Å². The minimum Gasteiger partial charge on any atom is -0.349 e. The molecular weight excluding hydrogens is 464 g/mol. The van der Waals surface area contributed by atoms with Crippen molar-refractivity contribution in [1.82, 2.24) is 10.0 Å². The SMILES string of the molecule is CC(C)CC(NS(=O)(=O)c1ccccc1)C(=O)CC1CCc2cccc(c2)CCCNC(=O)C1=O. The minimum atomic E-state index is -3.92. The molecule has 8 heteroatoms. The Kier molecular flexibility index (Phi) is 9.34. The van der Waals surface area contributed by atoms with E-state index in [2.05, 4.69) is 16.1 Å². The van der Waals surface area contributed by atoms with Crippen LogP contribution in [0.25, 0.3) is 0 Å². The molecule has 0 saturated carbocycles. The van der Waals surface area contributed by atoms with Gasteiger partial charge < -0.3 is 5.32 Å². The molecule has 2 unspecified atom stereocenters. The van der Waals surface area contributed by atoms with E-state index < -0.39 is 33.7 Å². The molecule has 0 fully saturated rings. The zero-order valence-corrected chi connectivity index (χ0v) is 21.1. The third-order valence-electron chi connectivity index (χ3n) is 6.19. The first-order valence-electron chi connectivity index (χ1n) is 12.2. The summed E-state index contributed by atoms with van der Waals surface area (Å²) >= 11 is 0. The van der Waals surface area contributed by atoms with E-state index in [4.69, 9.17) is 0 Å². The minimum absolute atomic E-state index is 0.0421. The van der Waals surface area contributed by atoms with Crippen molar-refractivity contribution in [2.24, 2.45) is 11.8 Å². The second-order valence-electron chi connectivity index (χ2n) is 9.57. The molecule has 1 heterocycles. The third-order valence-corrected chi connectivity index (χ3v) is 7.68. The number of fused-ring (bicyclic) bond motifs is 2. The first-order valence-corrected chi connectivity index (χ1v) is 13.6. The molecule has 2 bridgehead atoms. The van der Waals surface area contributed by atoms with Gasteiger partial charge in [0.25, 0.3) is 5.91 Å². The van der Waals surface area contributed by atoms with Crippen molar-refractivity contribution in [2.45, 2.75) is 63.3 Å². The highest BCUT2D eigenvalue weighted by atomic mass is 32.2. The summed E-state index contributed by atoms with van der Waals surface area (Å²) in [5.41, 5.74) is 2.22. The Morgan fingerprint density at radius 2 is 1.71 bits per heavy atom. The van der Waals surface area contributed by atoms with Crippen LogP contribution in [0.4, 0.5) is 0 Å². The van der Waals surface area contributed by atoms with Crippen molar-refractivity contribution in [2.75, 3.05) is 6.54 Å². The maximum absolute atomic E-state index is 13.3. The standard InChI is InChI=1S/C27H34N2O5S/c1-19(2)16-24(29-35(33,34)23-11-4-3-5-12-23)25(30)18-22-14-13-21-9-6-8-20(17-21)10-7-15-28-27(32)26(22)31/h3-6,8-9,11-12,17,19,22,24,29H,7,10,13-16,18H2,1-2H3,(H,28,32). The third kappa shape index (κ3) is 7.83. The summed E-state index contributed by atoms with van der Waals surface area (Å²) in [6, 6.07) is 15.0. The molecule has 2 N–H and O–H groups in total. The van der Waals surface area contributed by atoms with Gasteiger partial charge in [-0.1, -0.05) is 56.3 Å². The number of Topliss-reactive ketones (excluding diaryl/α,β-unsaturated/α-hetero) is 2. The highest BCUT2D eigenvalue weighted by molar-refractivity contribution is 7.89. The van der Waals surface area contributed by atoms with Crippen LogP contribution in [0.1, 0.15) is 50.7 Å². The monoisotopic (exact) mass is 498 g/mol. The van der Waals surface area contributed by atoms with E-state index in [1.807, 2.05) is 32.0 Å². The van der Waals surface area contributed by atoms with Gasteiger partial charge in [-0.15, -0.1) is 0 Å². The highest BCUT2D eigenvalue weighted by Crippen LogP contribution is 2.21. The molecule has 2 aromatic rings. The van der Waals surface area contributed by atoms with E-state index >= 15 is 0 Å². The Labute approximate surface area is 207 Å². The van der Waals surface area contributed by atoms with Gasteiger partial charge in [0.1, 0.15) is 0 Å². The number of hydrogen-bond acceptors (Lipinski definition) is 5. The average molecular weight is 499 g/mol. The summed E-state index contributed by atoms with van der Waals surface area (Å²) in [5, 5.41) is 2.67. The van der Waals surface area contributed by atoms with Crippen LogP contribution >= 0.6 is 0 Å². The highest BCUT2D eigenvalue weighted by Gasteiger charge is 2.32. The van der Waals surface area contributed by atoms with Gasteiger partial charge in [0, 0.05) is 18.9 Å². The van der Waals surface area contributed by atoms with Crippen molar-refractivity contribution in [1.29, 1.82) is 0 Å². The van der Waals surface area contributed by atoms with Crippen LogP contribution in [0.5, 0.6) is 0 Å². The lowest BCUT2D eigenvalue weighted by Crippen LogP contribution is -2.44. The van der Waals surface area contributed by atoms with Gasteiger partial charge >= 0.3 is 0 Å². The van der Waals surface area contributed by atoms with Gasteiger partial charge in [-0.2, -0.15) is 0 Å². The van der Waals surface area contributed by atoms with Crippen LogP contribution in [-0.2, 0) is 37.2 Å². The van der Waals surface area contributed by atoms with Gasteiger partial charge in [-0.3, -0.25) is 14.4 Å². The maximum Gasteiger partial charge on any atom is 0.287 e. The number of rotatable bonds is 8. The Bertz CT molecular complexity index is 1150. The quantitative estimate of drug-likeness (QED) is 0.543. The van der Waals surface area contributed by atoms with Crippen molar-refractivity contribution >= 4 is 27.5 Å². The lowest BCUT2D eigenvalue weighted by Gasteiger charge is -2.22. The number of nitrogens with one attached hydrogen (secondary N) is 2. The fourth-order valence-corrected chi connectivity index (χ4v) is 5.58. The van der Waals surface area contributed by atoms with E-state index in [1.54, 1.807) is 18.2 Å². The number of carbonyl (C=O) groups excluding carboxylic acids is 3. The normalized spacial score (nSPS) is 18.3. The molecule has 1 aliphatic rings. The van der Waals surface area contributed by atoms with Gasteiger partial charge in [0.15, 0.2) is 5.78 Å². The number of sulfonamides is 1. The molecule has 0 spiro atoms. The van der Waals surface area contributed by atoms with Crippen LogP contribution in [0, 0.1) is 11.8 Å². The van der Waals surface area contributed by atoms with Gasteiger partial charge in [-0.25, -0.2) is 13.1 Å². The van der Waals surface area contributed by atoms with Gasteiger partial charge in [0.2, 0.25) is 15.8 Å². The Balaban J connectivity index is 1.80. The van der Waals surface area contributed by atoms with E-state index in [9.17, 15) is 22.8 Å². The molecule has 188 valence electrons. The first-order chi connectivity index (χ1) is 16.7. The molecule has 0 radical (unpaired) electrons. The molecule has 2 aromatic carbocycles. The van der Waals surface area contributed by atoms with E-state index in [0.717, 1.165) is 12.0 Å². The second-order valence-corrected chi connectivity index (χ2v) is 11.3. The molecule has 35 heavy (non-hydrogen) atoms. The molecular formula is C27H34N2O5S.